The van der Waals surface area contributed by atoms with Crippen LogP contribution >= 0.6 is 0 Å². The van der Waals surface area contributed by atoms with Crippen molar-refractivity contribution in [3.05, 3.63) is 65.9 Å². The lowest BCUT2D eigenvalue weighted by atomic mass is 9.93. The van der Waals surface area contributed by atoms with Gasteiger partial charge in [0.1, 0.15) is 0 Å². The summed E-state index contributed by atoms with van der Waals surface area (Å²) in [5.74, 6) is 0. The number of hydrogen-bond donors (Lipinski definition) is 1. The fraction of sp³-hybridized carbons (Fsp3) is 0.294. The molecule has 5 heteroatoms. The molecule has 1 aliphatic heterocycles. The van der Waals surface area contributed by atoms with Gasteiger partial charge in [0, 0.05) is 25.5 Å². The van der Waals surface area contributed by atoms with Crippen LogP contribution in [-0.4, -0.2) is 37.5 Å². The molecule has 2 aromatic heterocycles. The van der Waals surface area contributed by atoms with E-state index in [1.165, 1.54) is 11.1 Å². The molecule has 3 aromatic rings. The predicted octanol–water partition coefficient (Wildman–Crippen LogP) is 1.82. The number of benzene rings is 1. The largest absolute Gasteiger partial charge is 0.394 e. The van der Waals surface area contributed by atoms with Gasteiger partial charge in [0.25, 0.3) is 0 Å². The number of imidazole rings is 1. The van der Waals surface area contributed by atoms with Gasteiger partial charge in [-0.05, 0) is 17.5 Å². The smallest absolute Gasteiger partial charge is 0.155 e. The zero-order valence-electron chi connectivity index (χ0n) is 12.3. The molecule has 0 saturated heterocycles. The summed E-state index contributed by atoms with van der Waals surface area (Å²) >= 11 is 0. The molecule has 112 valence electrons. The Morgan fingerprint density at radius 1 is 1.23 bits per heavy atom. The van der Waals surface area contributed by atoms with E-state index < -0.39 is 0 Å². The highest BCUT2D eigenvalue weighted by atomic mass is 16.3. The lowest BCUT2D eigenvalue weighted by Crippen LogP contribution is -2.37. The van der Waals surface area contributed by atoms with Crippen LogP contribution in [0.15, 0.2) is 49.1 Å². The van der Waals surface area contributed by atoms with Crippen molar-refractivity contribution in [3.63, 3.8) is 0 Å². The average molecular weight is 294 g/mol. The van der Waals surface area contributed by atoms with Gasteiger partial charge in [0.15, 0.2) is 5.65 Å². The van der Waals surface area contributed by atoms with Crippen molar-refractivity contribution in [1.82, 2.24) is 19.3 Å². The third-order valence-electron chi connectivity index (χ3n) is 4.46. The van der Waals surface area contributed by atoms with E-state index in [1.807, 2.05) is 18.5 Å². The van der Waals surface area contributed by atoms with Crippen molar-refractivity contribution in [2.45, 2.75) is 19.0 Å². The number of aliphatic hydroxyl groups excluding tert-OH is 1. The molecule has 1 aromatic carbocycles. The Balaban J connectivity index is 1.66. The van der Waals surface area contributed by atoms with Crippen LogP contribution in [0.5, 0.6) is 0 Å². The topological polar surface area (TPSA) is 53.7 Å². The summed E-state index contributed by atoms with van der Waals surface area (Å²) in [7, 11) is 0. The molecule has 1 N–H and O–H groups in total. The van der Waals surface area contributed by atoms with Gasteiger partial charge in [-0.15, -0.1) is 0 Å². The zero-order valence-corrected chi connectivity index (χ0v) is 12.3. The van der Waals surface area contributed by atoms with Gasteiger partial charge in [-0.1, -0.05) is 24.3 Å². The summed E-state index contributed by atoms with van der Waals surface area (Å²) in [6.07, 6.45) is 8.38. The fourth-order valence-electron chi connectivity index (χ4n) is 3.33. The quantitative estimate of drug-likeness (QED) is 0.800. The van der Waals surface area contributed by atoms with Crippen LogP contribution in [0.2, 0.25) is 0 Å². The first-order chi connectivity index (χ1) is 10.9. The molecule has 22 heavy (non-hydrogen) atoms. The number of rotatable bonds is 3. The first-order valence-corrected chi connectivity index (χ1v) is 7.55. The van der Waals surface area contributed by atoms with Crippen LogP contribution in [0.3, 0.4) is 0 Å². The third-order valence-corrected chi connectivity index (χ3v) is 4.46. The van der Waals surface area contributed by atoms with Crippen molar-refractivity contribution in [2.75, 3.05) is 13.2 Å². The Hall–Kier alpha value is -2.24. The van der Waals surface area contributed by atoms with Crippen molar-refractivity contribution < 1.29 is 5.11 Å². The average Bonchev–Trinajstić information content (AvgIpc) is 2.98. The molecular weight excluding hydrogens is 276 g/mol. The molecule has 0 aliphatic carbocycles. The molecule has 5 nitrogen and oxygen atoms in total. The van der Waals surface area contributed by atoms with Gasteiger partial charge >= 0.3 is 0 Å². The second-order valence-electron chi connectivity index (χ2n) is 5.67. The molecular formula is C17H18N4O. The summed E-state index contributed by atoms with van der Waals surface area (Å²) in [5, 5.41) is 9.88. The zero-order chi connectivity index (χ0) is 14.9. The van der Waals surface area contributed by atoms with Crippen LogP contribution in [0.1, 0.15) is 22.9 Å². The van der Waals surface area contributed by atoms with E-state index in [2.05, 4.69) is 37.5 Å². The fourth-order valence-corrected chi connectivity index (χ4v) is 3.33. The lowest BCUT2D eigenvalue weighted by Gasteiger charge is -2.36. The maximum absolute atomic E-state index is 9.88. The maximum Gasteiger partial charge on any atom is 0.155 e. The number of aliphatic hydroxyl groups is 1. The van der Waals surface area contributed by atoms with E-state index in [4.69, 9.17) is 0 Å². The molecule has 0 bridgehead atoms. The van der Waals surface area contributed by atoms with Gasteiger partial charge in [-0.25, -0.2) is 4.98 Å². The van der Waals surface area contributed by atoms with E-state index in [1.54, 1.807) is 12.4 Å². The van der Waals surface area contributed by atoms with Crippen molar-refractivity contribution >= 4 is 5.65 Å². The van der Waals surface area contributed by atoms with E-state index in [9.17, 15) is 5.11 Å². The van der Waals surface area contributed by atoms with E-state index >= 15 is 0 Å². The summed E-state index contributed by atoms with van der Waals surface area (Å²) < 4.78 is 2.06. The maximum atomic E-state index is 9.88. The highest BCUT2D eigenvalue weighted by Gasteiger charge is 2.27. The molecule has 1 unspecified atom stereocenters. The van der Waals surface area contributed by atoms with Gasteiger partial charge in [-0.3, -0.25) is 14.3 Å². The van der Waals surface area contributed by atoms with Crippen molar-refractivity contribution in [1.29, 1.82) is 0 Å². The molecule has 1 atom stereocenters. The highest BCUT2D eigenvalue weighted by molar-refractivity contribution is 5.37. The Labute approximate surface area is 128 Å². The molecule has 0 radical (unpaired) electrons. The normalized spacial score (nSPS) is 18.5. The Morgan fingerprint density at radius 3 is 3.05 bits per heavy atom. The number of fused-ring (bicyclic) bond motifs is 2. The summed E-state index contributed by atoms with van der Waals surface area (Å²) in [6.45, 7) is 1.85. The van der Waals surface area contributed by atoms with Crippen molar-refractivity contribution in [2.24, 2.45) is 0 Å². The summed E-state index contributed by atoms with van der Waals surface area (Å²) in [5.41, 5.74) is 4.57. The third kappa shape index (κ3) is 2.19. The van der Waals surface area contributed by atoms with Crippen LogP contribution in [0, 0.1) is 0 Å². The van der Waals surface area contributed by atoms with E-state index in [0.717, 1.165) is 30.9 Å². The summed E-state index contributed by atoms with van der Waals surface area (Å²) in [6, 6.07) is 8.46. The molecule has 4 rings (SSSR count). The van der Waals surface area contributed by atoms with Gasteiger partial charge in [-0.2, -0.15) is 0 Å². The first kappa shape index (κ1) is 13.4. The minimum atomic E-state index is 0.0531. The molecule has 3 heterocycles. The predicted molar refractivity (Wildman–Crippen MR) is 83.4 cm³/mol. The van der Waals surface area contributed by atoms with E-state index in [-0.39, 0.29) is 12.6 Å². The standard InChI is InChI=1S/C17H18N4O/c22-12-16-15-4-2-1-3-13(15)5-7-20(16)11-14-9-19-17-10-18-6-8-21(14)17/h1-4,6,8-10,16,22H,5,7,11-12H2. The van der Waals surface area contributed by atoms with Crippen LogP contribution < -0.4 is 0 Å². The first-order valence-electron chi connectivity index (χ1n) is 7.55. The van der Waals surface area contributed by atoms with Gasteiger partial charge in [0.05, 0.1) is 30.7 Å². The second-order valence-corrected chi connectivity index (χ2v) is 5.67. The molecule has 0 fully saturated rings. The highest BCUT2D eigenvalue weighted by Crippen LogP contribution is 2.30. The Kier molecular flexibility index (Phi) is 3.36. The number of hydrogen-bond acceptors (Lipinski definition) is 4. The van der Waals surface area contributed by atoms with Crippen LogP contribution in [0.4, 0.5) is 0 Å². The monoisotopic (exact) mass is 294 g/mol. The molecule has 0 amide bonds. The SMILES string of the molecule is OCC1c2ccccc2CCN1Cc1cnc2cnccn12. The number of aromatic nitrogens is 3. The Morgan fingerprint density at radius 2 is 2.14 bits per heavy atom. The lowest BCUT2D eigenvalue weighted by molar-refractivity contribution is 0.107. The van der Waals surface area contributed by atoms with Crippen LogP contribution in [-0.2, 0) is 13.0 Å². The van der Waals surface area contributed by atoms with Gasteiger partial charge in [0.2, 0.25) is 0 Å². The summed E-state index contributed by atoms with van der Waals surface area (Å²) in [4.78, 5) is 10.8. The van der Waals surface area contributed by atoms with Gasteiger partial charge < -0.3 is 5.11 Å². The minimum Gasteiger partial charge on any atom is -0.394 e. The van der Waals surface area contributed by atoms with Crippen molar-refractivity contribution in [3.8, 4) is 0 Å². The Bertz CT molecular complexity index is 798. The molecule has 0 saturated carbocycles. The molecule has 0 spiro atoms. The minimum absolute atomic E-state index is 0.0531. The van der Waals surface area contributed by atoms with E-state index in [0.29, 0.717) is 0 Å². The molecule has 1 aliphatic rings. The van der Waals surface area contributed by atoms with Crippen LogP contribution in [0.25, 0.3) is 5.65 Å². The second kappa shape index (κ2) is 5.51. The number of nitrogens with zero attached hydrogens (tertiary/aromatic N) is 4.